The molecule has 35 heavy (non-hydrogen) atoms. The molecule has 2 heterocycles. The van der Waals surface area contributed by atoms with Crippen LogP contribution in [0.1, 0.15) is 50.7 Å². The number of nitrogens with zero attached hydrogens (tertiary/aromatic N) is 3. The maximum absolute atomic E-state index is 13.5. The highest BCUT2D eigenvalue weighted by Crippen LogP contribution is 2.34. The molecule has 2 aromatic rings. The first-order chi connectivity index (χ1) is 16.7. The van der Waals surface area contributed by atoms with E-state index in [1.165, 1.54) is 9.21 Å². The van der Waals surface area contributed by atoms with E-state index in [1.54, 1.807) is 12.1 Å². The second kappa shape index (κ2) is 10.1. The van der Waals surface area contributed by atoms with Gasteiger partial charge in [-0.05, 0) is 35.6 Å². The van der Waals surface area contributed by atoms with Crippen molar-refractivity contribution in [2.24, 2.45) is 0 Å². The van der Waals surface area contributed by atoms with E-state index in [9.17, 15) is 18.0 Å². The topological polar surface area (TPSA) is 90.0 Å². The van der Waals surface area contributed by atoms with Gasteiger partial charge in [-0.3, -0.25) is 9.69 Å². The molecule has 2 aliphatic rings. The number of sulfonamides is 1. The molecule has 0 saturated carbocycles. The van der Waals surface area contributed by atoms with Gasteiger partial charge in [-0.25, -0.2) is 18.1 Å². The van der Waals surface area contributed by atoms with Crippen LogP contribution in [0.2, 0.25) is 0 Å². The SMILES string of the molecule is CCC[C@@]1(c2ccccc2)NC(=O)N(CN2CCN(S(=O)(=O)c3ccc(C(C)C)cc3)CC2)C1=O. The summed E-state index contributed by atoms with van der Waals surface area (Å²) in [6, 6.07) is 16.0. The number of hydrogen-bond donors (Lipinski definition) is 1. The lowest BCUT2D eigenvalue weighted by Gasteiger charge is -2.35. The predicted octanol–water partition coefficient (Wildman–Crippen LogP) is 3.32. The van der Waals surface area contributed by atoms with Crippen molar-refractivity contribution in [2.45, 2.75) is 50.0 Å². The van der Waals surface area contributed by atoms with E-state index < -0.39 is 21.6 Å². The van der Waals surface area contributed by atoms with Gasteiger partial charge < -0.3 is 5.32 Å². The summed E-state index contributed by atoms with van der Waals surface area (Å²) in [7, 11) is -3.59. The van der Waals surface area contributed by atoms with Gasteiger partial charge in [0.1, 0.15) is 5.54 Å². The van der Waals surface area contributed by atoms with Crippen molar-refractivity contribution in [1.29, 1.82) is 0 Å². The molecule has 8 nitrogen and oxygen atoms in total. The number of piperazine rings is 1. The number of urea groups is 1. The Hall–Kier alpha value is -2.75. The fraction of sp³-hybridized carbons (Fsp3) is 0.462. The Bertz CT molecular complexity index is 1160. The second-order valence-electron chi connectivity index (χ2n) is 9.57. The van der Waals surface area contributed by atoms with Crippen molar-refractivity contribution >= 4 is 22.0 Å². The van der Waals surface area contributed by atoms with Crippen LogP contribution in [0, 0.1) is 0 Å². The van der Waals surface area contributed by atoms with Crippen molar-refractivity contribution < 1.29 is 18.0 Å². The summed E-state index contributed by atoms with van der Waals surface area (Å²) in [5.74, 6) is 0.0783. The minimum absolute atomic E-state index is 0.139. The maximum Gasteiger partial charge on any atom is 0.326 e. The van der Waals surface area contributed by atoms with E-state index in [0.717, 1.165) is 17.5 Å². The van der Waals surface area contributed by atoms with E-state index in [1.807, 2.05) is 54.3 Å². The molecule has 1 atom stereocenters. The highest BCUT2D eigenvalue weighted by Gasteiger charge is 2.52. The van der Waals surface area contributed by atoms with Gasteiger partial charge in [0.05, 0.1) is 11.6 Å². The van der Waals surface area contributed by atoms with Crippen molar-refractivity contribution in [3.8, 4) is 0 Å². The summed E-state index contributed by atoms with van der Waals surface area (Å²) in [6.45, 7) is 7.75. The highest BCUT2D eigenvalue weighted by atomic mass is 32.2. The molecule has 0 unspecified atom stereocenters. The number of nitrogens with one attached hydrogen (secondary N) is 1. The molecule has 0 spiro atoms. The molecular formula is C26H34N4O4S. The lowest BCUT2D eigenvalue weighted by Crippen LogP contribution is -2.52. The predicted molar refractivity (Wildman–Crippen MR) is 134 cm³/mol. The molecule has 0 bridgehead atoms. The number of hydrogen-bond acceptors (Lipinski definition) is 5. The van der Waals surface area contributed by atoms with Crippen LogP contribution >= 0.6 is 0 Å². The van der Waals surface area contributed by atoms with Crippen LogP contribution in [0.15, 0.2) is 59.5 Å². The molecule has 4 rings (SSSR count). The average Bonchev–Trinajstić information content (AvgIpc) is 3.10. The van der Waals surface area contributed by atoms with E-state index in [-0.39, 0.29) is 17.5 Å². The zero-order chi connectivity index (χ0) is 25.2. The number of imide groups is 1. The summed E-state index contributed by atoms with van der Waals surface area (Å²) in [5, 5.41) is 2.95. The number of rotatable bonds is 8. The van der Waals surface area contributed by atoms with Gasteiger partial charge in [0.15, 0.2) is 0 Å². The fourth-order valence-corrected chi connectivity index (χ4v) is 6.27. The first-order valence-electron chi connectivity index (χ1n) is 12.2. The van der Waals surface area contributed by atoms with Crippen molar-refractivity contribution in [2.75, 3.05) is 32.8 Å². The monoisotopic (exact) mass is 498 g/mol. The molecule has 0 aromatic heterocycles. The van der Waals surface area contributed by atoms with Crippen LogP contribution in [-0.2, 0) is 20.4 Å². The van der Waals surface area contributed by atoms with Gasteiger partial charge >= 0.3 is 6.03 Å². The zero-order valence-electron chi connectivity index (χ0n) is 20.6. The molecule has 188 valence electrons. The summed E-state index contributed by atoms with van der Waals surface area (Å²) in [4.78, 5) is 29.9. The Morgan fingerprint density at radius 1 is 0.943 bits per heavy atom. The Balaban J connectivity index is 1.42. The Kier molecular flexibility index (Phi) is 7.30. The third-order valence-electron chi connectivity index (χ3n) is 6.92. The fourth-order valence-electron chi connectivity index (χ4n) is 4.85. The normalized spacial score (nSPS) is 22.1. The molecule has 0 aliphatic carbocycles. The minimum Gasteiger partial charge on any atom is -0.319 e. The molecule has 2 aliphatic heterocycles. The number of carbonyl (C=O) groups excluding carboxylic acids is 2. The second-order valence-corrected chi connectivity index (χ2v) is 11.5. The highest BCUT2D eigenvalue weighted by molar-refractivity contribution is 7.89. The van der Waals surface area contributed by atoms with Gasteiger partial charge in [0.25, 0.3) is 5.91 Å². The third kappa shape index (κ3) is 4.85. The van der Waals surface area contributed by atoms with Crippen LogP contribution in [0.5, 0.6) is 0 Å². The first kappa shape index (κ1) is 25.3. The van der Waals surface area contributed by atoms with Crippen LogP contribution in [0.3, 0.4) is 0 Å². The van der Waals surface area contributed by atoms with Crippen LogP contribution < -0.4 is 5.32 Å². The smallest absolute Gasteiger partial charge is 0.319 e. The van der Waals surface area contributed by atoms with E-state index in [4.69, 9.17) is 0 Å². The first-order valence-corrected chi connectivity index (χ1v) is 13.6. The van der Waals surface area contributed by atoms with Crippen molar-refractivity contribution in [1.82, 2.24) is 19.4 Å². The Morgan fingerprint density at radius 2 is 1.57 bits per heavy atom. The molecule has 9 heteroatoms. The van der Waals surface area contributed by atoms with E-state index in [2.05, 4.69) is 19.2 Å². The van der Waals surface area contributed by atoms with Crippen molar-refractivity contribution in [3.05, 3.63) is 65.7 Å². The van der Waals surface area contributed by atoms with Crippen LogP contribution in [0.4, 0.5) is 4.79 Å². The summed E-state index contributed by atoms with van der Waals surface area (Å²) in [5.41, 5.74) is 0.819. The standard InChI is InChI=1S/C26H34N4O4S/c1-4-14-26(22-8-6-5-7-9-22)24(31)30(25(32)27-26)19-28-15-17-29(18-16-28)35(33,34)23-12-10-21(11-13-23)20(2)3/h5-13,20H,4,14-19H2,1-3H3,(H,27,32)/t26-/m0/s1. The molecule has 2 fully saturated rings. The van der Waals surface area contributed by atoms with E-state index in [0.29, 0.717) is 38.5 Å². The van der Waals surface area contributed by atoms with E-state index >= 15 is 0 Å². The molecule has 3 amide bonds. The van der Waals surface area contributed by atoms with Crippen LogP contribution in [-0.4, -0.2) is 67.3 Å². The Labute approximate surface area is 207 Å². The molecule has 2 saturated heterocycles. The molecule has 0 radical (unpaired) electrons. The largest absolute Gasteiger partial charge is 0.326 e. The van der Waals surface area contributed by atoms with Gasteiger partial charge in [-0.2, -0.15) is 4.31 Å². The van der Waals surface area contributed by atoms with Gasteiger partial charge in [0, 0.05) is 26.2 Å². The zero-order valence-corrected chi connectivity index (χ0v) is 21.4. The summed E-state index contributed by atoms with van der Waals surface area (Å²) >= 11 is 0. The van der Waals surface area contributed by atoms with Gasteiger partial charge in [-0.1, -0.05) is 69.7 Å². The average molecular weight is 499 g/mol. The number of benzene rings is 2. The molecular weight excluding hydrogens is 464 g/mol. The Morgan fingerprint density at radius 3 is 2.14 bits per heavy atom. The van der Waals surface area contributed by atoms with Crippen molar-refractivity contribution in [3.63, 3.8) is 0 Å². The van der Waals surface area contributed by atoms with Gasteiger partial charge in [-0.15, -0.1) is 0 Å². The van der Waals surface area contributed by atoms with Crippen LogP contribution in [0.25, 0.3) is 0 Å². The van der Waals surface area contributed by atoms with Gasteiger partial charge in [0.2, 0.25) is 10.0 Å². The minimum atomic E-state index is -3.59. The lowest BCUT2D eigenvalue weighted by molar-refractivity contribution is -0.133. The maximum atomic E-state index is 13.5. The quantitative estimate of drug-likeness (QED) is 0.564. The third-order valence-corrected chi connectivity index (χ3v) is 8.84. The number of amides is 3. The summed E-state index contributed by atoms with van der Waals surface area (Å²) in [6.07, 6.45) is 1.25. The number of carbonyl (C=O) groups is 2. The molecule has 1 N–H and O–H groups in total. The molecule has 2 aromatic carbocycles. The summed E-state index contributed by atoms with van der Waals surface area (Å²) < 4.78 is 27.7. The lowest BCUT2D eigenvalue weighted by atomic mass is 9.85.